The van der Waals surface area contributed by atoms with Gasteiger partial charge in [-0.05, 0) is 50.4 Å². The van der Waals surface area contributed by atoms with Crippen molar-refractivity contribution in [1.82, 2.24) is 10.2 Å². The summed E-state index contributed by atoms with van der Waals surface area (Å²) in [6.45, 7) is 7.98. The van der Waals surface area contributed by atoms with E-state index in [1.54, 1.807) is 0 Å². The molecule has 3 N–H and O–H groups in total. The van der Waals surface area contributed by atoms with E-state index in [1.165, 1.54) is 6.26 Å². The molecule has 3 rings (SSSR count). The van der Waals surface area contributed by atoms with Crippen molar-refractivity contribution in [2.75, 3.05) is 26.2 Å². The molecule has 0 atom stereocenters. The van der Waals surface area contributed by atoms with Crippen molar-refractivity contribution >= 4 is 17.5 Å². The van der Waals surface area contributed by atoms with Gasteiger partial charge in [-0.15, -0.1) is 0 Å². The van der Waals surface area contributed by atoms with Gasteiger partial charge in [0.05, 0.1) is 10.6 Å². The monoisotopic (exact) mass is 365 g/mol. The van der Waals surface area contributed by atoms with Crippen molar-refractivity contribution in [3.63, 3.8) is 0 Å². The van der Waals surface area contributed by atoms with Crippen LogP contribution in [-0.2, 0) is 9.53 Å². The lowest BCUT2D eigenvalue weighted by atomic mass is 9.84. The van der Waals surface area contributed by atoms with Gasteiger partial charge in [0.2, 0.25) is 0 Å². The highest BCUT2D eigenvalue weighted by molar-refractivity contribution is 6.31. The molecule has 3 aliphatic rings. The van der Waals surface area contributed by atoms with Gasteiger partial charge < -0.3 is 20.7 Å². The van der Waals surface area contributed by atoms with Crippen molar-refractivity contribution in [1.29, 1.82) is 0 Å². The van der Waals surface area contributed by atoms with E-state index in [0.29, 0.717) is 10.8 Å². The van der Waals surface area contributed by atoms with Crippen LogP contribution in [0.1, 0.15) is 39.5 Å². The van der Waals surface area contributed by atoms with Crippen LogP contribution in [0, 0.1) is 5.41 Å². The molecule has 2 aliphatic heterocycles. The SMILES string of the molecule is CC1(C)CC2=CC(Cl)=COC2=C1C(=O)NC1CCN(CCCN)CC1. The molecule has 1 fully saturated rings. The molecule has 1 amide bonds. The van der Waals surface area contributed by atoms with E-state index < -0.39 is 0 Å². The summed E-state index contributed by atoms with van der Waals surface area (Å²) in [5.41, 5.74) is 7.08. The number of nitrogens with zero attached hydrogens (tertiary/aromatic N) is 1. The Labute approximate surface area is 154 Å². The average molecular weight is 366 g/mol. The number of hydrogen-bond donors (Lipinski definition) is 2. The molecule has 0 unspecified atom stereocenters. The van der Waals surface area contributed by atoms with E-state index in [0.717, 1.165) is 63.0 Å². The topological polar surface area (TPSA) is 67.6 Å². The van der Waals surface area contributed by atoms with Crippen LogP contribution in [-0.4, -0.2) is 43.0 Å². The highest BCUT2D eigenvalue weighted by Gasteiger charge is 2.42. The second-order valence-corrected chi connectivity index (χ2v) is 8.22. The van der Waals surface area contributed by atoms with Crippen LogP contribution in [0.25, 0.3) is 0 Å². The second kappa shape index (κ2) is 7.52. The molecule has 0 saturated carbocycles. The average Bonchev–Trinajstić information content (AvgIpc) is 2.83. The summed E-state index contributed by atoms with van der Waals surface area (Å²) >= 11 is 6.03. The normalized spacial score (nSPS) is 23.7. The van der Waals surface area contributed by atoms with Gasteiger partial charge in [0.15, 0.2) is 0 Å². The lowest BCUT2D eigenvalue weighted by molar-refractivity contribution is -0.119. The molecule has 25 heavy (non-hydrogen) atoms. The van der Waals surface area contributed by atoms with Crippen LogP contribution in [0.3, 0.4) is 0 Å². The highest BCUT2D eigenvalue weighted by Crippen LogP contribution is 2.48. The van der Waals surface area contributed by atoms with Gasteiger partial charge in [0.1, 0.15) is 12.0 Å². The van der Waals surface area contributed by atoms with Gasteiger partial charge in [0.25, 0.3) is 5.91 Å². The van der Waals surface area contributed by atoms with E-state index in [9.17, 15) is 4.79 Å². The van der Waals surface area contributed by atoms with Crippen molar-refractivity contribution in [2.45, 2.75) is 45.6 Å². The molecular formula is C19H28ClN3O2. The lowest BCUT2D eigenvalue weighted by Gasteiger charge is -2.33. The van der Waals surface area contributed by atoms with Gasteiger partial charge in [-0.1, -0.05) is 25.4 Å². The molecular weight excluding hydrogens is 338 g/mol. The Morgan fingerprint density at radius 1 is 1.44 bits per heavy atom. The Hall–Kier alpha value is -1.30. The number of nitrogens with two attached hydrogens (primary N) is 1. The third-order valence-corrected chi connectivity index (χ3v) is 5.46. The molecule has 1 saturated heterocycles. The zero-order valence-electron chi connectivity index (χ0n) is 15.1. The number of allylic oxidation sites excluding steroid dienone is 3. The van der Waals surface area contributed by atoms with E-state index in [-0.39, 0.29) is 17.4 Å². The Morgan fingerprint density at radius 2 is 2.16 bits per heavy atom. The molecule has 0 spiro atoms. The van der Waals surface area contributed by atoms with Crippen molar-refractivity contribution in [2.24, 2.45) is 11.1 Å². The molecule has 2 heterocycles. The number of nitrogens with one attached hydrogen (secondary N) is 1. The quantitative estimate of drug-likeness (QED) is 0.786. The molecule has 6 heteroatoms. The van der Waals surface area contributed by atoms with Gasteiger partial charge in [-0.3, -0.25) is 4.79 Å². The van der Waals surface area contributed by atoms with Crippen molar-refractivity contribution in [3.05, 3.63) is 34.3 Å². The number of halogens is 1. The van der Waals surface area contributed by atoms with Gasteiger partial charge >= 0.3 is 0 Å². The number of hydrogen-bond acceptors (Lipinski definition) is 4. The number of ether oxygens (including phenoxy) is 1. The smallest absolute Gasteiger partial charge is 0.251 e. The number of amides is 1. The van der Waals surface area contributed by atoms with Crippen LogP contribution < -0.4 is 11.1 Å². The lowest BCUT2D eigenvalue weighted by Crippen LogP contribution is -2.46. The van der Waals surface area contributed by atoms with E-state index in [1.807, 2.05) is 6.08 Å². The first-order valence-corrected chi connectivity index (χ1v) is 9.50. The summed E-state index contributed by atoms with van der Waals surface area (Å²) in [7, 11) is 0. The fourth-order valence-corrected chi connectivity index (χ4v) is 4.14. The number of piperidine rings is 1. The largest absolute Gasteiger partial charge is 0.463 e. The number of likely N-dealkylation sites (tertiary alicyclic amines) is 1. The third kappa shape index (κ3) is 4.10. The van der Waals surface area contributed by atoms with E-state index >= 15 is 0 Å². The van der Waals surface area contributed by atoms with Crippen LogP contribution >= 0.6 is 11.6 Å². The first-order valence-electron chi connectivity index (χ1n) is 9.12. The highest BCUT2D eigenvalue weighted by atomic mass is 35.5. The second-order valence-electron chi connectivity index (χ2n) is 7.79. The Bertz CT molecular complexity index is 629. The first kappa shape index (κ1) is 18.5. The summed E-state index contributed by atoms with van der Waals surface area (Å²) in [4.78, 5) is 15.4. The molecule has 0 aromatic carbocycles. The summed E-state index contributed by atoms with van der Waals surface area (Å²) in [6.07, 6.45) is 7.17. The summed E-state index contributed by atoms with van der Waals surface area (Å²) < 4.78 is 5.67. The summed E-state index contributed by atoms with van der Waals surface area (Å²) in [5.74, 6) is 0.683. The minimum atomic E-state index is -0.248. The third-order valence-electron chi connectivity index (χ3n) is 5.26. The molecule has 0 radical (unpaired) electrons. The van der Waals surface area contributed by atoms with E-state index in [4.69, 9.17) is 22.1 Å². The van der Waals surface area contributed by atoms with Crippen LogP contribution in [0.2, 0.25) is 0 Å². The fourth-order valence-electron chi connectivity index (χ4n) is 3.96. The predicted octanol–water partition coefficient (Wildman–Crippen LogP) is 2.64. The number of fused-ring (bicyclic) bond motifs is 1. The molecule has 0 aromatic rings. The van der Waals surface area contributed by atoms with Gasteiger partial charge in [0, 0.05) is 24.5 Å². The Kier molecular flexibility index (Phi) is 5.56. The Balaban J connectivity index is 1.64. The van der Waals surface area contributed by atoms with E-state index in [2.05, 4.69) is 24.1 Å². The maximum absolute atomic E-state index is 13.0. The standard InChI is InChI=1S/C19H28ClN3O2/c1-19(2)11-13-10-14(20)12-25-17(13)16(19)18(24)22-15-4-8-23(9-5-15)7-3-6-21/h10,12,15H,3-9,11,21H2,1-2H3,(H,22,24). The number of carbonyl (C=O) groups is 1. The molecule has 5 nitrogen and oxygen atoms in total. The Morgan fingerprint density at radius 3 is 2.84 bits per heavy atom. The predicted molar refractivity (Wildman–Crippen MR) is 99.8 cm³/mol. The molecule has 0 aromatic heterocycles. The fraction of sp³-hybridized carbons (Fsp3) is 0.632. The maximum atomic E-state index is 13.0. The number of carbonyl (C=O) groups excluding carboxylic acids is 1. The zero-order chi connectivity index (χ0) is 18.0. The van der Waals surface area contributed by atoms with Crippen LogP contribution in [0.5, 0.6) is 0 Å². The minimum Gasteiger partial charge on any atom is -0.463 e. The maximum Gasteiger partial charge on any atom is 0.251 e. The molecule has 138 valence electrons. The van der Waals surface area contributed by atoms with Crippen LogP contribution in [0.4, 0.5) is 0 Å². The molecule has 0 bridgehead atoms. The van der Waals surface area contributed by atoms with Gasteiger partial charge in [-0.2, -0.15) is 0 Å². The number of rotatable bonds is 5. The van der Waals surface area contributed by atoms with Gasteiger partial charge in [-0.25, -0.2) is 0 Å². The minimum absolute atomic E-state index is 0.00442. The van der Waals surface area contributed by atoms with Crippen molar-refractivity contribution in [3.8, 4) is 0 Å². The summed E-state index contributed by atoms with van der Waals surface area (Å²) in [6, 6.07) is 0.223. The van der Waals surface area contributed by atoms with Crippen molar-refractivity contribution < 1.29 is 9.53 Å². The molecule has 1 aliphatic carbocycles. The summed E-state index contributed by atoms with van der Waals surface area (Å²) in [5, 5.41) is 3.80. The first-order chi connectivity index (χ1) is 11.9. The van der Waals surface area contributed by atoms with Crippen LogP contribution in [0.15, 0.2) is 34.3 Å². The zero-order valence-corrected chi connectivity index (χ0v) is 15.9.